The summed E-state index contributed by atoms with van der Waals surface area (Å²) in [5.41, 5.74) is 1.13. The van der Waals surface area contributed by atoms with Crippen LogP contribution in [0.3, 0.4) is 0 Å². The molecule has 0 aliphatic carbocycles. The van der Waals surface area contributed by atoms with E-state index in [9.17, 15) is 9.59 Å². The molecule has 2 atom stereocenters. The summed E-state index contributed by atoms with van der Waals surface area (Å²) in [5.74, 6) is -0.266. The van der Waals surface area contributed by atoms with Gasteiger partial charge in [-0.2, -0.15) is 0 Å². The number of esters is 1. The Morgan fingerprint density at radius 2 is 2.11 bits per heavy atom. The third kappa shape index (κ3) is 3.81. The molecule has 1 saturated heterocycles. The van der Waals surface area contributed by atoms with Crippen LogP contribution in [0, 0.1) is 0 Å². The van der Waals surface area contributed by atoms with E-state index in [0.29, 0.717) is 12.8 Å². The molecule has 1 aliphatic heterocycles. The molecule has 1 amide bonds. The van der Waals surface area contributed by atoms with Crippen LogP contribution in [0.25, 0.3) is 0 Å². The molecule has 1 N–H and O–H groups in total. The second-order valence-corrected chi connectivity index (χ2v) is 4.85. The molecular weight excluding hydrogens is 242 g/mol. The maximum atomic E-state index is 11.5. The minimum atomic E-state index is -0.341. The van der Waals surface area contributed by atoms with E-state index in [1.54, 1.807) is 0 Å². The molecule has 1 heterocycles. The van der Waals surface area contributed by atoms with Crippen LogP contribution in [0.1, 0.15) is 31.7 Å². The van der Waals surface area contributed by atoms with Gasteiger partial charge in [0.1, 0.15) is 6.10 Å². The maximum Gasteiger partial charge on any atom is 0.306 e. The first-order valence-corrected chi connectivity index (χ1v) is 6.72. The SMILES string of the molecule is CCCC(=O)OC1CC(=O)NC1Cc1ccccc1. The highest BCUT2D eigenvalue weighted by Crippen LogP contribution is 2.18. The van der Waals surface area contributed by atoms with Crippen molar-refractivity contribution in [3.8, 4) is 0 Å². The first-order valence-electron chi connectivity index (χ1n) is 6.72. The molecule has 0 radical (unpaired) electrons. The summed E-state index contributed by atoms with van der Waals surface area (Å²) in [7, 11) is 0. The Morgan fingerprint density at radius 3 is 2.79 bits per heavy atom. The third-order valence-electron chi connectivity index (χ3n) is 3.22. The highest BCUT2D eigenvalue weighted by atomic mass is 16.5. The van der Waals surface area contributed by atoms with Crippen molar-refractivity contribution < 1.29 is 14.3 Å². The predicted octanol–water partition coefficient (Wildman–Crippen LogP) is 1.83. The van der Waals surface area contributed by atoms with Crippen LogP contribution in [0.4, 0.5) is 0 Å². The van der Waals surface area contributed by atoms with E-state index < -0.39 is 0 Å². The minimum absolute atomic E-state index is 0.0461. The Hall–Kier alpha value is -1.84. The monoisotopic (exact) mass is 261 g/mol. The quantitative estimate of drug-likeness (QED) is 0.823. The van der Waals surface area contributed by atoms with E-state index in [2.05, 4.69) is 5.32 Å². The number of carbonyl (C=O) groups excluding carboxylic acids is 2. The number of rotatable bonds is 5. The van der Waals surface area contributed by atoms with Gasteiger partial charge in [0.05, 0.1) is 12.5 Å². The zero-order chi connectivity index (χ0) is 13.7. The van der Waals surface area contributed by atoms with Gasteiger partial charge in [-0.05, 0) is 18.4 Å². The fraction of sp³-hybridized carbons (Fsp3) is 0.467. The summed E-state index contributed by atoms with van der Waals surface area (Å²) in [5, 5.41) is 2.88. The van der Waals surface area contributed by atoms with E-state index in [-0.39, 0.29) is 30.4 Å². The standard InChI is InChI=1S/C15H19NO3/c1-2-6-15(18)19-13-10-14(17)16-12(13)9-11-7-4-3-5-8-11/h3-5,7-8,12-13H,2,6,9-10H2,1H3,(H,16,17). The highest BCUT2D eigenvalue weighted by Gasteiger charge is 2.35. The van der Waals surface area contributed by atoms with Crippen LogP contribution in [0.5, 0.6) is 0 Å². The van der Waals surface area contributed by atoms with Crippen molar-refractivity contribution in [2.45, 2.75) is 44.8 Å². The van der Waals surface area contributed by atoms with Gasteiger partial charge in [0.2, 0.25) is 5.91 Å². The van der Waals surface area contributed by atoms with Crippen LogP contribution < -0.4 is 5.32 Å². The second kappa shape index (κ2) is 6.36. The number of hydrogen-bond acceptors (Lipinski definition) is 3. The van der Waals surface area contributed by atoms with Gasteiger partial charge in [0.25, 0.3) is 0 Å². The van der Waals surface area contributed by atoms with Gasteiger partial charge >= 0.3 is 5.97 Å². The van der Waals surface area contributed by atoms with Gasteiger partial charge in [0.15, 0.2) is 0 Å². The molecule has 102 valence electrons. The zero-order valence-corrected chi connectivity index (χ0v) is 11.1. The van der Waals surface area contributed by atoms with Gasteiger partial charge in [-0.15, -0.1) is 0 Å². The number of carbonyl (C=O) groups is 2. The molecule has 19 heavy (non-hydrogen) atoms. The number of ether oxygens (including phenoxy) is 1. The highest BCUT2D eigenvalue weighted by molar-refractivity contribution is 5.80. The fourth-order valence-corrected chi connectivity index (χ4v) is 2.29. The molecule has 2 unspecified atom stereocenters. The molecule has 2 rings (SSSR count). The largest absolute Gasteiger partial charge is 0.460 e. The molecule has 0 spiro atoms. The molecule has 1 aliphatic rings. The predicted molar refractivity (Wildman–Crippen MR) is 71.5 cm³/mol. The van der Waals surface area contributed by atoms with E-state index in [0.717, 1.165) is 12.0 Å². The Kier molecular flexibility index (Phi) is 4.55. The molecular formula is C15H19NO3. The smallest absolute Gasteiger partial charge is 0.306 e. The van der Waals surface area contributed by atoms with Gasteiger partial charge in [-0.25, -0.2) is 0 Å². The van der Waals surface area contributed by atoms with Gasteiger partial charge in [-0.1, -0.05) is 37.3 Å². The molecule has 0 bridgehead atoms. The van der Waals surface area contributed by atoms with Crippen LogP contribution >= 0.6 is 0 Å². The third-order valence-corrected chi connectivity index (χ3v) is 3.22. The Labute approximate surface area is 113 Å². The second-order valence-electron chi connectivity index (χ2n) is 4.85. The summed E-state index contributed by atoms with van der Waals surface area (Å²) in [6.07, 6.45) is 1.79. The van der Waals surface area contributed by atoms with Crippen LogP contribution in [-0.4, -0.2) is 24.0 Å². The van der Waals surface area contributed by atoms with Crippen molar-refractivity contribution in [1.29, 1.82) is 0 Å². The fourth-order valence-electron chi connectivity index (χ4n) is 2.29. The van der Waals surface area contributed by atoms with Crippen molar-refractivity contribution in [3.63, 3.8) is 0 Å². The van der Waals surface area contributed by atoms with Crippen molar-refractivity contribution >= 4 is 11.9 Å². The van der Waals surface area contributed by atoms with E-state index in [1.807, 2.05) is 37.3 Å². The summed E-state index contributed by atoms with van der Waals surface area (Å²) < 4.78 is 5.38. The minimum Gasteiger partial charge on any atom is -0.460 e. The van der Waals surface area contributed by atoms with Gasteiger partial charge in [-0.3, -0.25) is 9.59 Å². The zero-order valence-electron chi connectivity index (χ0n) is 11.1. The van der Waals surface area contributed by atoms with Crippen LogP contribution in [0.2, 0.25) is 0 Å². The van der Waals surface area contributed by atoms with E-state index >= 15 is 0 Å². The number of nitrogens with one attached hydrogen (secondary N) is 1. The molecule has 1 aromatic carbocycles. The Morgan fingerprint density at radius 1 is 1.37 bits per heavy atom. The van der Waals surface area contributed by atoms with Crippen molar-refractivity contribution in [3.05, 3.63) is 35.9 Å². The molecule has 1 fully saturated rings. The average Bonchev–Trinajstić information content (AvgIpc) is 2.71. The summed E-state index contributed by atoms with van der Waals surface area (Å²) in [6.45, 7) is 1.93. The van der Waals surface area contributed by atoms with E-state index in [1.165, 1.54) is 0 Å². The normalized spacial score (nSPS) is 22.1. The lowest BCUT2D eigenvalue weighted by molar-refractivity contribution is -0.149. The molecule has 0 aromatic heterocycles. The van der Waals surface area contributed by atoms with Crippen molar-refractivity contribution in [1.82, 2.24) is 5.32 Å². The Bertz CT molecular complexity index is 444. The number of benzene rings is 1. The average molecular weight is 261 g/mol. The summed E-state index contributed by atoms with van der Waals surface area (Å²) in [6, 6.07) is 9.78. The van der Waals surface area contributed by atoms with Crippen molar-refractivity contribution in [2.75, 3.05) is 0 Å². The maximum absolute atomic E-state index is 11.5. The summed E-state index contributed by atoms with van der Waals surface area (Å²) in [4.78, 5) is 23.0. The number of hydrogen-bond donors (Lipinski definition) is 1. The molecule has 4 nitrogen and oxygen atoms in total. The molecule has 0 saturated carbocycles. The van der Waals surface area contributed by atoms with Crippen LogP contribution in [0.15, 0.2) is 30.3 Å². The van der Waals surface area contributed by atoms with Gasteiger partial charge < -0.3 is 10.1 Å². The van der Waals surface area contributed by atoms with Gasteiger partial charge in [0, 0.05) is 6.42 Å². The lowest BCUT2D eigenvalue weighted by Gasteiger charge is -2.19. The first kappa shape index (κ1) is 13.6. The molecule has 4 heteroatoms. The Balaban J connectivity index is 1.97. The topological polar surface area (TPSA) is 55.4 Å². The van der Waals surface area contributed by atoms with E-state index in [4.69, 9.17) is 4.74 Å². The molecule has 1 aromatic rings. The number of amides is 1. The lowest BCUT2D eigenvalue weighted by Crippen LogP contribution is -2.36. The summed E-state index contributed by atoms with van der Waals surface area (Å²) >= 11 is 0. The van der Waals surface area contributed by atoms with Crippen LogP contribution in [-0.2, 0) is 20.7 Å². The lowest BCUT2D eigenvalue weighted by atomic mass is 10.0. The van der Waals surface area contributed by atoms with Crippen molar-refractivity contribution in [2.24, 2.45) is 0 Å². The first-order chi connectivity index (χ1) is 9.19.